The number of halogens is 2. The van der Waals surface area contributed by atoms with Gasteiger partial charge in [-0.1, -0.05) is 47.5 Å². The van der Waals surface area contributed by atoms with Crippen molar-refractivity contribution in [2.24, 2.45) is 0 Å². The average molecular weight is 399 g/mol. The molecular formula is C22H16Cl2O3. The Balaban J connectivity index is 1.80. The lowest BCUT2D eigenvalue weighted by Crippen LogP contribution is -2.15. The average Bonchev–Trinajstić information content (AvgIpc) is 2.67. The molecule has 27 heavy (non-hydrogen) atoms. The number of ether oxygens (including phenoxy) is 1. The predicted molar refractivity (Wildman–Crippen MR) is 107 cm³/mol. The molecule has 3 aromatic carbocycles. The van der Waals surface area contributed by atoms with E-state index in [9.17, 15) is 9.90 Å². The molecule has 1 aliphatic rings. The van der Waals surface area contributed by atoms with Gasteiger partial charge in [-0.3, -0.25) is 0 Å². The van der Waals surface area contributed by atoms with Gasteiger partial charge in [-0.2, -0.15) is 0 Å². The first kappa shape index (κ1) is 17.9. The molecule has 0 fully saturated rings. The Bertz CT molecular complexity index is 1030. The second-order valence-corrected chi connectivity index (χ2v) is 7.34. The molecule has 5 heteroatoms. The Morgan fingerprint density at radius 2 is 1.78 bits per heavy atom. The van der Waals surface area contributed by atoms with E-state index in [2.05, 4.69) is 6.07 Å². The smallest absolute Gasteiger partial charge is 0.335 e. The molecule has 3 aromatic rings. The second-order valence-electron chi connectivity index (χ2n) is 6.49. The molecule has 4 rings (SSSR count). The number of benzene rings is 3. The standard InChI is InChI=1S/C22H16Cl2O3/c23-16-5-6-18(20(24)12-16)17-8-9-27-21-7-4-14(11-19(17)21)13-2-1-3-15(10-13)22(25)26/h1-7,10-12,17H,8-9H2,(H,25,26). The highest BCUT2D eigenvalue weighted by molar-refractivity contribution is 6.35. The van der Waals surface area contributed by atoms with Gasteiger partial charge in [0.15, 0.2) is 0 Å². The van der Waals surface area contributed by atoms with Crippen LogP contribution in [-0.2, 0) is 0 Å². The first-order valence-corrected chi connectivity index (χ1v) is 9.34. The summed E-state index contributed by atoms with van der Waals surface area (Å²) in [6.45, 7) is 0.616. The second kappa shape index (κ2) is 7.26. The zero-order valence-electron chi connectivity index (χ0n) is 14.3. The highest BCUT2D eigenvalue weighted by Crippen LogP contribution is 2.42. The summed E-state index contributed by atoms with van der Waals surface area (Å²) in [5.74, 6) is -0.0134. The molecule has 0 saturated carbocycles. The van der Waals surface area contributed by atoms with Crippen LogP contribution in [-0.4, -0.2) is 17.7 Å². The van der Waals surface area contributed by atoms with Crippen molar-refractivity contribution < 1.29 is 14.6 Å². The molecule has 0 amide bonds. The summed E-state index contributed by atoms with van der Waals surface area (Å²) in [7, 11) is 0. The van der Waals surface area contributed by atoms with E-state index in [0.29, 0.717) is 16.7 Å². The first-order chi connectivity index (χ1) is 13.0. The first-order valence-electron chi connectivity index (χ1n) is 8.58. The Labute approximate surface area is 167 Å². The van der Waals surface area contributed by atoms with E-state index in [-0.39, 0.29) is 11.5 Å². The van der Waals surface area contributed by atoms with Gasteiger partial charge in [-0.25, -0.2) is 4.79 Å². The lowest BCUT2D eigenvalue weighted by Gasteiger charge is -2.27. The van der Waals surface area contributed by atoms with E-state index >= 15 is 0 Å². The summed E-state index contributed by atoms with van der Waals surface area (Å²) in [5, 5.41) is 10.5. The van der Waals surface area contributed by atoms with Crippen molar-refractivity contribution in [1.29, 1.82) is 0 Å². The van der Waals surface area contributed by atoms with Gasteiger partial charge in [-0.05, 0) is 59.5 Å². The quantitative estimate of drug-likeness (QED) is 0.564. The Hall–Kier alpha value is -2.49. The Morgan fingerprint density at radius 1 is 0.963 bits per heavy atom. The molecular weight excluding hydrogens is 383 g/mol. The number of hydrogen-bond acceptors (Lipinski definition) is 2. The predicted octanol–water partition coefficient (Wildman–Crippen LogP) is 6.27. The third-order valence-corrected chi connectivity index (χ3v) is 5.39. The fourth-order valence-electron chi connectivity index (χ4n) is 3.51. The summed E-state index contributed by atoms with van der Waals surface area (Å²) in [4.78, 5) is 11.3. The molecule has 0 saturated heterocycles. The molecule has 0 aromatic heterocycles. The summed E-state index contributed by atoms with van der Waals surface area (Å²) >= 11 is 12.5. The van der Waals surface area contributed by atoms with Gasteiger partial charge in [0, 0.05) is 21.5 Å². The van der Waals surface area contributed by atoms with Crippen molar-refractivity contribution in [3.05, 3.63) is 87.4 Å². The number of carbonyl (C=O) groups is 1. The lowest BCUT2D eigenvalue weighted by molar-refractivity contribution is 0.0697. The number of rotatable bonds is 3. The fourth-order valence-corrected chi connectivity index (χ4v) is 4.05. The number of carboxylic acid groups (broad SMARTS) is 1. The number of fused-ring (bicyclic) bond motifs is 1. The van der Waals surface area contributed by atoms with Gasteiger partial charge in [0.2, 0.25) is 0 Å². The van der Waals surface area contributed by atoms with Crippen LogP contribution >= 0.6 is 23.2 Å². The van der Waals surface area contributed by atoms with Gasteiger partial charge < -0.3 is 9.84 Å². The van der Waals surface area contributed by atoms with Crippen molar-refractivity contribution in [1.82, 2.24) is 0 Å². The van der Waals surface area contributed by atoms with Crippen molar-refractivity contribution in [3.8, 4) is 16.9 Å². The number of aromatic carboxylic acids is 1. The van der Waals surface area contributed by atoms with Gasteiger partial charge in [-0.15, -0.1) is 0 Å². The summed E-state index contributed by atoms with van der Waals surface area (Å²) in [5.41, 5.74) is 4.12. The highest BCUT2D eigenvalue weighted by Gasteiger charge is 2.25. The van der Waals surface area contributed by atoms with E-state index in [1.54, 1.807) is 24.3 Å². The van der Waals surface area contributed by atoms with Crippen LogP contribution in [0.1, 0.15) is 33.8 Å². The molecule has 136 valence electrons. The monoisotopic (exact) mass is 398 g/mol. The van der Waals surface area contributed by atoms with E-state index in [4.69, 9.17) is 27.9 Å². The topological polar surface area (TPSA) is 46.5 Å². The largest absolute Gasteiger partial charge is 0.493 e. The van der Waals surface area contributed by atoms with Crippen molar-refractivity contribution >= 4 is 29.2 Å². The lowest BCUT2D eigenvalue weighted by atomic mass is 9.85. The van der Waals surface area contributed by atoms with Crippen LogP contribution < -0.4 is 4.74 Å². The summed E-state index contributed by atoms with van der Waals surface area (Å²) in [6, 6.07) is 18.4. The van der Waals surface area contributed by atoms with Crippen LogP contribution in [0, 0.1) is 0 Å². The Kier molecular flexibility index (Phi) is 4.81. The van der Waals surface area contributed by atoms with E-state index in [0.717, 1.165) is 34.4 Å². The SMILES string of the molecule is O=C(O)c1cccc(-c2ccc3c(c2)C(c2ccc(Cl)cc2Cl)CCO3)c1. The van der Waals surface area contributed by atoms with Crippen molar-refractivity contribution in [3.63, 3.8) is 0 Å². The Morgan fingerprint density at radius 3 is 2.56 bits per heavy atom. The van der Waals surface area contributed by atoms with E-state index < -0.39 is 5.97 Å². The van der Waals surface area contributed by atoms with Crippen molar-refractivity contribution in [2.75, 3.05) is 6.61 Å². The number of hydrogen-bond donors (Lipinski definition) is 1. The van der Waals surface area contributed by atoms with Crippen LogP contribution in [0.15, 0.2) is 60.7 Å². The van der Waals surface area contributed by atoms with Crippen molar-refractivity contribution in [2.45, 2.75) is 12.3 Å². The maximum Gasteiger partial charge on any atom is 0.335 e. The molecule has 1 atom stereocenters. The molecule has 1 N–H and O–H groups in total. The van der Waals surface area contributed by atoms with E-state index in [1.165, 1.54) is 0 Å². The third kappa shape index (κ3) is 3.53. The van der Waals surface area contributed by atoms with Crippen LogP contribution in [0.25, 0.3) is 11.1 Å². The van der Waals surface area contributed by atoms with Gasteiger partial charge >= 0.3 is 5.97 Å². The molecule has 0 aliphatic carbocycles. The minimum absolute atomic E-state index is 0.0983. The van der Waals surface area contributed by atoms with Crippen LogP contribution in [0.4, 0.5) is 0 Å². The van der Waals surface area contributed by atoms with E-state index in [1.807, 2.05) is 30.3 Å². The molecule has 3 nitrogen and oxygen atoms in total. The van der Waals surface area contributed by atoms with Crippen LogP contribution in [0.5, 0.6) is 5.75 Å². The van der Waals surface area contributed by atoms with Crippen LogP contribution in [0.2, 0.25) is 10.0 Å². The highest BCUT2D eigenvalue weighted by atomic mass is 35.5. The van der Waals surface area contributed by atoms with Gasteiger partial charge in [0.1, 0.15) is 5.75 Å². The summed E-state index contributed by atoms with van der Waals surface area (Å²) in [6.07, 6.45) is 0.812. The molecule has 1 aliphatic heterocycles. The fraction of sp³-hybridized carbons (Fsp3) is 0.136. The molecule has 1 unspecified atom stereocenters. The minimum Gasteiger partial charge on any atom is -0.493 e. The zero-order valence-corrected chi connectivity index (χ0v) is 15.8. The van der Waals surface area contributed by atoms with Gasteiger partial charge in [0.05, 0.1) is 12.2 Å². The zero-order chi connectivity index (χ0) is 19.0. The molecule has 1 heterocycles. The summed E-state index contributed by atoms with van der Waals surface area (Å²) < 4.78 is 5.83. The molecule has 0 bridgehead atoms. The maximum absolute atomic E-state index is 11.3. The third-order valence-electron chi connectivity index (χ3n) is 4.83. The maximum atomic E-state index is 11.3. The minimum atomic E-state index is -0.941. The molecule has 0 radical (unpaired) electrons. The van der Waals surface area contributed by atoms with Crippen LogP contribution in [0.3, 0.4) is 0 Å². The van der Waals surface area contributed by atoms with Gasteiger partial charge in [0.25, 0.3) is 0 Å². The normalized spacial score (nSPS) is 15.7. The number of carboxylic acids is 1. The molecule has 0 spiro atoms.